The number of hydrogen-bond donors (Lipinski definition) is 0. The van der Waals surface area contributed by atoms with Crippen LogP contribution in [0, 0.1) is 0 Å². The summed E-state index contributed by atoms with van der Waals surface area (Å²) in [5, 5.41) is 0. The van der Waals surface area contributed by atoms with Crippen LogP contribution in [0.3, 0.4) is 0 Å². The fraction of sp³-hybridized carbons (Fsp3) is 0.440. The monoisotopic (exact) mass is 490 g/mol. The number of carbonyl (C=O) groups is 2. The summed E-state index contributed by atoms with van der Waals surface area (Å²) in [6, 6.07) is 15.0. The van der Waals surface area contributed by atoms with Crippen molar-refractivity contribution in [3.8, 4) is 11.5 Å². The third-order valence-corrected chi connectivity index (χ3v) is 5.39. The van der Waals surface area contributed by atoms with Crippen molar-refractivity contribution in [1.82, 2.24) is 8.61 Å². The Hall–Kier alpha value is -2.91. The van der Waals surface area contributed by atoms with Gasteiger partial charge in [-0.05, 0) is 63.1 Å². The Morgan fingerprint density at radius 1 is 0.853 bits per heavy atom. The number of carbonyl (C=O) groups excluding carboxylic acids is 2. The maximum atomic E-state index is 13.1. The molecule has 0 radical (unpaired) electrons. The number of hydrogen-bond acceptors (Lipinski definition) is 8. The molecule has 34 heavy (non-hydrogen) atoms. The highest BCUT2D eigenvalue weighted by Gasteiger charge is 2.26. The van der Waals surface area contributed by atoms with Crippen molar-refractivity contribution in [3.63, 3.8) is 0 Å². The van der Waals surface area contributed by atoms with E-state index < -0.39 is 11.7 Å². The lowest BCUT2D eigenvalue weighted by molar-refractivity contribution is -0.143. The van der Waals surface area contributed by atoms with Gasteiger partial charge in [-0.15, -0.1) is 0 Å². The number of amides is 1. The van der Waals surface area contributed by atoms with Crippen molar-refractivity contribution in [2.45, 2.75) is 46.4 Å². The second kappa shape index (κ2) is 13.1. The lowest BCUT2D eigenvalue weighted by atomic mass is 10.2. The molecule has 8 nitrogen and oxygen atoms in total. The molecule has 0 saturated heterocycles. The third kappa shape index (κ3) is 9.52. The van der Waals surface area contributed by atoms with Crippen LogP contribution < -0.4 is 9.47 Å². The largest absolute Gasteiger partial charge is 0.497 e. The Morgan fingerprint density at radius 2 is 1.35 bits per heavy atom. The van der Waals surface area contributed by atoms with E-state index in [1.807, 2.05) is 69.3 Å². The molecular weight excluding hydrogens is 456 g/mol. The van der Waals surface area contributed by atoms with Crippen LogP contribution in [-0.4, -0.2) is 53.6 Å². The van der Waals surface area contributed by atoms with Crippen molar-refractivity contribution in [2.75, 3.05) is 27.4 Å². The van der Waals surface area contributed by atoms with Gasteiger partial charge in [-0.2, -0.15) is 0 Å². The van der Waals surface area contributed by atoms with E-state index in [0.717, 1.165) is 34.8 Å². The second-order valence-corrected chi connectivity index (χ2v) is 9.52. The Bertz CT molecular complexity index is 912. The summed E-state index contributed by atoms with van der Waals surface area (Å²) < 4.78 is 24.5. The van der Waals surface area contributed by atoms with Gasteiger partial charge in [0.2, 0.25) is 0 Å². The van der Waals surface area contributed by atoms with Crippen LogP contribution in [0.25, 0.3) is 0 Å². The molecule has 0 N–H and O–H groups in total. The van der Waals surface area contributed by atoms with Crippen LogP contribution in [0.5, 0.6) is 11.5 Å². The summed E-state index contributed by atoms with van der Waals surface area (Å²) in [6.45, 7) is 8.14. The zero-order valence-electron chi connectivity index (χ0n) is 20.7. The van der Waals surface area contributed by atoms with Crippen molar-refractivity contribution < 1.29 is 28.5 Å². The van der Waals surface area contributed by atoms with E-state index in [2.05, 4.69) is 0 Å². The average Bonchev–Trinajstić information content (AvgIpc) is 2.78. The standard InChI is InChI=1S/C25H34N2O6S/c1-7-32-23(28)18-26(16-19-8-12-21(30-5)13-9-19)34-27(24(29)33-25(2,3)4)17-20-10-14-22(31-6)15-11-20/h8-15H,7,16-18H2,1-6H3. The van der Waals surface area contributed by atoms with Crippen LogP contribution in [0.1, 0.15) is 38.8 Å². The molecule has 0 aliphatic carbocycles. The zero-order valence-corrected chi connectivity index (χ0v) is 21.5. The maximum absolute atomic E-state index is 13.1. The smallest absolute Gasteiger partial charge is 0.421 e. The van der Waals surface area contributed by atoms with Gasteiger partial charge in [0.05, 0.1) is 27.4 Å². The van der Waals surface area contributed by atoms with Gasteiger partial charge in [-0.3, -0.25) is 4.79 Å². The molecule has 2 aromatic carbocycles. The van der Waals surface area contributed by atoms with Gasteiger partial charge < -0.3 is 18.9 Å². The first-order valence-corrected chi connectivity index (χ1v) is 11.7. The molecule has 0 heterocycles. The molecular formula is C25H34N2O6S. The molecule has 9 heteroatoms. The van der Waals surface area contributed by atoms with Gasteiger partial charge in [-0.25, -0.2) is 13.4 Å². The summed E-state index contributed by atoms with van der Waals surface area (Å²) in [4.78, 5) is 25.4. The number of rotatable bonds is 11. The molecule has 0 fully saturated rings. The highest BCUT2D eigenvalue weighted by atomic mass is 32.2. The summed E-state index contributed by atoms with van der Waals surface area (Å²) in [5.41, 5.74) is 1.17. The average molecular weight is 491 g/mol. The molecule has 0 aliphatic heterocycles. The summed E-state index contributed by atoms with van der Waals surface area (Å²) in [5.74, 6) is 1.09. The Morgan fingerprint density at radius 3 is 1.79 bits per heavy atom. The minimum atomic E-state index is -0.669. The van der Waals surface area contributed by atoms with Crippen molar-refractivity contribution in [1.29, 1.82) is 0 Å². The van der Waals surface area contributed by atoms with E-state index in [9.17, 15) is 9.59 Å². The number of ether oxygens (including phenoxy) is 4. The van der Waals surface area contributed by atoms with Crippen molar-refractivity contribution >= 4 is 24.2 Å². The van der Waals surface area contributed by atoms with Crippen LogP contribution in [0.4, 0.5) is 4.79 Å². The van der Waals surface area contributed by atoms with Gasteiger partial charge in [0, 0.05) is 18.7 Å². The van der Waals surface area contributed by atoms with E-state index in [1.54, 1.807) is 25.4 Å². The molecule has 0 saturated carbocycles. The predicted molar refractivity (Wildman–Crippen MR) is 132 cm³/mol. The van der Waals surface area contributed by atoms with Gasteiger partial charge in [-0.1, -0.05) is 24.3 Å². The van der Waals surface area contributed by atoms with Gasteiger partial charge in [0.25, 0.3) is 0 Å². The van der Waals surface area contributed by atoms with Crippen LogP contribution in [-0.2, 0) is 27.4 Å². The minimum Gasteiger partial charge on any atom is -0.497 e. The van der Waals surface area contributed by atoms with Crippen molar-refractivity contribution in [2.24, 2.45) is 0 Å². The van der Waals surface area contributed by atoms with Crippen LogP contribution in [0.15, 0.2) is 48.5 Å². The Labute approximate surface area is 206 Å². The highest BCUT2D eigenvalue weighted by Crippen LogP contribution is 2.26. The van der Waals surface area contributed by atoms with Gasteiger partial charge in [0.1, 0.15) is 23.6 Å². The fourth-order valence-electron chi connectivity index (χ4n) is 2.87. The Kier molecular flexibility index (Phi) is 10.5. The number of benzene rings is 2. The molecule has 186 valence electrons. The third-order valence-electron chi connectivity index (χ3n) is 4.43. The highest BCUT2D eigenvalue weighted by molar-refractivity contribution is 7.95. The van der Waals surface area contributed by atoms with E-state index in [4.69, 9.17) is 18.9 Å². The lowest BCUT2D eigenvalue weighted by Gasteiger charge is -2.30. The molecule has 2 aromatic rings. The van der Waals surface area contributed by atoms with Crippen LogP contribution in [0.2, 0.25) is 0 Å². The topological polar surface area (TPSA) is 77.5 Å². The first-order valence-electron chi connectivity index (χ1n) is 11.0. The molecule has 0 spiro atoms. The molecule has 0 aliphatic rings. The molecule has 0 atom stereocenters. The number of nitrogens with zero attached hydrogens (tertiary/aromatic N) is 2. The predicted octanol–water partition coefficient (Wildman–Crippen LogP) is 5.07. The van der Waals surface area contributed by atoms with Gasteiger partial charge >= 0.3 is 12.1 Å². The van der Waals surface area contributed by atoms with E-state index >= 15 is 0 Å². The first-order chi connectivity index (χ1) is 16.1. The molecule has 0 bridgehead atoms. The van der Waals surface area contributed by atoms with Crippen molar-refractivity contribution in [3.05, 3.63) is 59.7 Å². The second-order valence-electron chi connectivity index (χ2n) is 8.40. The lowest BCUT2D eigenvalue weighted by Crippen LogP contribution is -2.36. The molecule has 0 unspecified atom stereocenters. The van der Waals surface area contributed by atoms with E-state index in [1.165, 1.54) is 4.31 Å². The number of esters is 1. The molecule has 2 rings (SSSR count). The molecule has 1 amide bonds. The molecule has 0 aromatic heterocycles. The fourth-order valence-corrected chi connectivity index (χ4v) is 3.83. The van der Waals surface area contributed by atoms with E-state index in [-0.39, 0.29) is 25.7 Å². The maximum Gasteiger partial charge on any atom is 0.421 e. The van der Waals surface area contributed by atoms with E-state index in [0.29, 0.717) is 6.54 Å². The van der Waals surface area contributed by atoms with Gasteiger partial charge in [0.15, 0.2) is 0 Å². The zero-order chi connectivity index (χ0) is 25.1. The summed E-state index contributed by atoms with van der Waals surface area (Å²) in [6.07, 6.45) is -0.503. The Balaban J connectivity index is 2.26. The van der Waals surface area contributed by atoms with Crippen LogP contribution >= 0.6 is 12.1 Å². The number of methoxy groups -OCH3 is 2. The first kappa shape index (κ1) is 27.3. The normalized spacial score (nSPS) is 11.1. The summed E-state index contributed by atoms with van der Waals surface area (Å²) in [7, 11) is 3.21. The minimum absolute atomic E-state index is 0.00749. The quantitative estimate of drug-likeness (QED) is 0.319. The SMILES string of the molecule is CCOC(=O)CN(Cc1ccc(OC)cc1)SN(Cc1ccc(OC)cc1)C(=O)OC(C)(C)C. The summed E-state index contributed by atoms with van der Waals surface area (Å²) >= 11 is 1.13.